The van der Waals surface area contributed by atoms with E-state index in [1.54, 1.807) is 29.2 Å². The summed E-state index contributed by atoms with van der Waals surface area (Å²) in [6.07, 6.45) is 0. The maximum atomic E-state index is 12.5. The van der Waals surface area contributed by atoms with Crippen LogP contribution in [0.15, 0.2) is 46.9 Å². The molecule has 0 atom stereocenters. The second-order valence-corrected chi connectivity index (χ2v) is 8.64. The summed E-state index contributed by atoms with van der Waals surface area (Å²) in [5.41, 5.74) is 2.33. The molecule has 0 bridgehead atoms. The van der Waals surface area contributed by atoms with Crippen LogP contribution in [0.25, 0.3) is 0 Å². The average molecular weight is 461 g/mol. The molecular formula is C23H29BrN2O3. The number of carbonyl (C=O) groups is 2. The van der Waals surface area contributed by atoms with E-state index in [-0.39, 0.29) is 23.8 Å². The number of nitrogens with zero attached hydrogens (tertiary/aromatic N) is 1. The van der Waals surface area contributed by atoms with E-state index < -0.39 is 0 Å². The predicted molar refractivity (Wildman–Crippen MR) is 121 cm³/mol. The number of halogens is 1. The van der Waals surface area contributed by atoms with E-state index in [1.165, 1.54) is 5.56 Å². The quantitative estimate of drug-likeness (QED) is 0.613. The van der Waals surface area contributed by atoms with Crippen molar-refractivity contribution in [3.05, 3.63) is 58.1 Å². The second kappa shape index (κ2) is 9.92. The van der Waals surface area contributed by atoms with Crippen molar-refractivity contribution in [2.75, 3.05) is 25.0 Å². The largest absolute Gasteiger partial charge is 0.483 e. The van der Waals surface area contributed by atoms with Crippen LogP contribution in [-0.2, 0) is 10.2 Å². The Morgan fingerprint density at radius 3 is 2.34 bits per heavy atom. The van der Waals surface area contributed by atoms with Crippen molar-refractivity contribution in [1.29, 1.82) is 0 Å². The average Bonchev–Trinajstić information content (AvgIpc) is 2.67. The number of amides is 2. The van der Waals surface area contributed by atoms with Crippen molar-refractivity contribution >= 4 is 33.4 Å². The lowest BCUT2D eigenvalue weighted by molar-refractivity contribution is -0.118. The number of nitrogens with one attached hydrogen (secondary N) is 1. The lowest BCUT2D eigenvalue weighted by Crippen LogP contribution is -2.30. The smallest absolute Gasteiger partial charge is 0.262 e. The van der Waals surface area contributed by atoms with Gasteiger partial charge in [-0.2, -0.15) is 0 Å². The zero-order valence-electron chi connectivity index (χ0n) is 17.7. The highest BCUT2D eigenvalue weighted by atomic mass is 79.9. The first-order chi connectivity index (χ1) is 13.7. The summed E-state index contributed by atoms with van der Waals surface area (Å²) in [4.78, 5) is 26.5. The van der Waals surface area contributed by atoms with E-state index in [2.05, 4.69) is 42.0 Å². The third-order valence-corrected chi connectivity index (χ3v) is 5.22. The van der Waals surface area contributed by atoms with Gasteiger partial charge in [0.05, 0.1) is 4.47 Å². The van der Waals surface area contributed by atoms with E-state index >= 15 is 0 Å². The van der Waals surface area contributed by atoms with E-state index in [9.17, 15) is 9.59 Å². The molecule has 0 aliphatic rings. The predicted octanol–water partition coefficient (Wildman–Crippen LogP) is 5.25. The van der Waals surface area contributed by atoms with Gasteiger partial charge in [-0.3, -0.25) is 9.59 Å². The van der Waals surface area contributed by atoms with Crippen molar-refractivity contribution in [3.63, 3.8) is 0 Å². The standard InChI is InChI=1S/C23H29BrN2O3/c1-6-26(7-2)22(28)16-9-8-10-18(13-16)25-21(27)15-29-20-12-11-17(14-19(20)24)23(3,4)5/h8-14H,6-7,15H2,1-5H3,(H,25,27). The Kier molecular flexibility index (Phi) is 7.85. The summed E-state index contributed by atoms with van der Waals surface area (Å²) in [5, 5.41) is 2.79. The molecular weight excluding hydrogens is 432 g/mol. The molecule has 29 heavy (non-hydrogen) atoms. The van der Waals surface area contributed by atoms with Gasteiger partial charge in [0.25, 0.3) is 11.8 Å². The molecule has 0 fully saturated rings. The fraction of sp³-hybridized carbons (Fsp3) is 0.391. The monoisotopic (exact) mass is 460 g/mol. The molecule has 0 unspecified atom stereocenters. The first-order valence-corrected chi connectivity index (χ1v) is 10.6. The SMILES string of the molecule is CCN(CC)C(=O)c1cccc(NC(=O)COc2ccc(C(C)(C)C)cc2Br)c1. The minimum Gasteiger partial charge on any atom is -0.483 e. The van der Waals surface area contributed by atoms with Crippen molar-refractivity contribution in [3.8, 4) is 5.75 Å². The molecule has 0 aromatic heterocycles. The van der Waals surface area contributed by atoms with Gasteiger partial charge in [-0.25, -0.2) is 0 Å². The molecule has 2 aromatic carbocycles. The van der Waals surface area contributed by atoms with Crippen molar-refractivity contribution in [2.45, 2.75) is 40.0 Å². The van der Waals surface area contributed by atoms with Crippen LogP contribution in [0.5, 0.6) is 5.75 Å². The summed E-state index contributed by atoms with van der Waals surface area (Å²) >= 11 is 3.51. The molecule has 5 nitrogen and oxygen atoms in total. The van der Waals surface area contributed by atoms with Crippen LogP contribution in [0.3, 0.4) is 0 Å². The van der Waals surface area contributed by atoms with Gasteiger partial charge in [-0.1, -0.05) is 32.9 Å². The molecule has 0 radical (unpaired) electrons. The second-order valence-electron chi connectivity index (χ2n) is 7.79. The minimum absolute atomic E-state index is 0.0337. The Labute approximate surface area is 181 Å². The van der Waals surface area contributed by atoms with Crippen LogP contribution >= 0.6 is 15.9 Å². The number of rotatable bonds is 7. The van der Waals surface area contributed by atoms with Gasteiger partial charge in [-0.15, -0.1) is 0 Å². The van der Waals surface area contributed by atoms with Gasteiger partial charge >= 0.3 is 0 Å². The summed E-state index contributed by atoms with van der Waals surface area (Å²) < 4.78 is 6.46. The topological polar surface area (TPSA) is 58.6 Å². The van der Waals surface area contributed by atoms with Gasteiger partial charge in [-0.05, 0) is 71.1 Å². The molecule has 0 aliphatic heterocycles. The molecule has 156 valence electrons. The zero-order chi connectivity index (χ0) is 21.6. The first kappa shape index (κ1) is 22.9. The summed E-state index contributed by atoms with van der Waals surface area (Å²) in [6, 6.07) is 12.8. The van der Waals surface area contributed by atoms with E-state index in [0.29, 0.717) is 30.1 Å². The highest BCUT2D eigenvalue weighted by Crippen LogP contribution is 2.31. The Bertz CT molecular complexity index is 871. The summed E-state index contributed by atoms with van der Waals surface area (Å²) in [7, 11) is 0. The van der Waals surface area contributed by atoms with Gasteiger partial charge in [0.15, 0.2) is 6.61 Å². The number of anilines is 1. The molecule has 0 saturated heterocycles. The minimum atomic E-state index is -0.288. The van der Waals surface area contributed by atoms with Gasteiger partial charge in [0.2, 0.25) is 0 Å². The lowest BCUT2D eigenvalue weighted by Gasteiger charge is -2.20. The maximum absolute atomic E-state index is 12.5. The van der Waals surface area contributed by atoms with E-state index in [0.717, 1.165) is 4.47 Å². The number of hydrogen-bond donors (Lipinski definition) is 1. The van der Waals surface area contributed by atoms with E-state index in [4.69, 9.17) is 4.74 Å². The normalized spacial score (nSPS) is 11.1. The van der Waals surface area contributed by atoms with E-state index in [1.807, 2.05) is 32.0 Å². The molecule has 0 saturated carbocycles. The number of carbonyl (C=O) groups excluding carboxylic acids is 2. The molecule has 6 heteroatoms. The van der Waals surface area contributed by atoms with Crippen molar-refractivity contribution in [2.24, 2.45) is 0 Å². The third-order valence-electron chi connectivity index (χ3n) is 4.60. The molecule has 0 spiro atoms. The Morgan fingerprint density at radius 2 is 1.76 bits per heavy atom. The summed E-state index contributed by atoms with van der Waals surface area (Å²) in [5.74, 6) is 0.271. The summed E-state index contributed by atoms with van der Waals surface area (Å²) in [6.45, 7) is 11.5. The highest BCUT2D eigenvalue weighted by Gasteiger charge is 2.16. The van der Waals surface area contributed by atoms with Gasteiger partial charge < -0.3 is 15.0 Å². The molecule has 0 heterocycles. The maximum Gasteiger partial charge on any atom is 0.262 e. The Morgan fingerprint density at radius 1 is 1.07 bits per heavy atom. The van der Waals surface area contributed by atoms with Crippen LogP contribution in [0, 0.1) is 0 Å². The highest BCUT2D eigenvalue weighted by molar-refractivity contribution is 9.10. The van der Waals surface area contributed by atoms with Crippen LogP contribution in [-0.4, -0.2) is 36.4 Å². The molecule has 2 amide bonds. The molecule has 2 rings (SSSR count). The Hall–Kier alpha value is -2.34. The number of ether oxygens (including phenoxy) is 1. The van der Waals surface area contributed by atoms with Crippen LogP contribution in [0.2, 0.25) is 0 Å². The fourth-order valence-electron chi connectivity index (χ4n) is 2.85. The van der Waals surface area contributed by atoms with Crippen LogP contribution in [0.1, 0.15) is 50.5 Å². The van der Waals surface area contributed by atoms with Crippen LogP contribution in [0.4, 0.5) is 5.69 Å². The van der Waals surface area contributed by atoms with Gasteiger partial charge in [0.1, 0.15) is 5.75 Å². The van der Waals surface area contributed by atoms with Crippen molar-refractivity contribution < 1.29 is 14.3 Å². The molecule has 1 N–H and O–H groups in total. The third kappa shape index (κ3) is 6.32. The lowest BCUT2D eigenvalue weighted by atomic mass is 9.87. The van der Waals surface area contributed by atoms with Gasteiger partial charge in [0, 0.05) is 24.3 Å². The number of hydrogen-bond acceptors (Lipinski definition) is 3. The fourth-order valence-corrected chi connectivity index (χ4v) is 3.34. The van der Waals surface area contributed by atoms with Crippen molar-refractivity contribution in [1.82, 2.24) is 4.90 Å². The molecule has 2 aromatic rings. The molecule has 0 aliphatic carbocycles. The number of benzene rings is 2. The zero-order valence-corrected chi connectivity index (χ0v) is 19.3. The first-order valence-electron chi connectivity index (χ1n) is 9.77. The van der Waals surface area contributed by atoms with Crippen LogP contribution < -0.4 is 10.1 Å². The Balaban J connectivity index is 2.00.